The SMILES string of the molecule is CCCCOC(C)OC(=O)CC(NC1CC(=O)OC(C)OCCCCCCCCOC(C)OC1=O)C(=O)OC(C)OCCCC. The molecule has 13 heteroatoms. The van der Waals surface area contributed by atoms with E-state index in [4.69, 9.17) is 37.9 Å². The number of hydrogen-bond donors (Lipinski definition) is 1. The van der Waals surface area contributed by atoms with E-state index in [9.17, 15) is 19.2 Å². The summed E-state index contributed by atoms with van der Waals surface area (Å²) in [5.41, 5.74) is 0. The first-order valence-corrected chi connectivity index (χ1v) is 16.6. The molecule has 0 aromatic heterocycles. The van der Waals surface area contributed by atoms with Crippen LogP contribution in [0.2, 0.25) is 0 Å². The van der Waals surface area contributed by atoms with E-state index >= 15 is 0 Å². The average Bonchev–Trinajstić information content (AvgIpc) is 2.96. The molecule has 0 spiro atoms. The molecular weight excluding hydrogens is 590 g/mol. The van der Waals surface area contributed by atoms with E-state index in [-0.39, 0.29) is 0 Å². The van der Waals surface area contributed by atoms with Crippen LogP contribution in [-0.4, -0.2) is 87.5 Å². The van der Waals surface area contributed by atoms with Crippen molar-refractivity contribution in [3.05, 3.63) is 0 Å². The maximum absolute atomic E-state index is 13.3. The van der Waals surface area contributed by atoms with Crippen molar-refractivity contribution in [3.63, 3.8) is 0 Å². The van der Waals surface area contributed by atoms with Gasteiger partial charge >= 0.3 is 23.9 Å². The topological polar surface area (TPSA) is 154 Å². The monoisotopic (exact) mass is 647 g/mol. The number of ether oxygens (including phenoxy) is 8. The number of unbranched alkanes of at least 4 members (excludes halogenated alkanes) is 2. The third kappa shape index (κ3) is 20.4. The summed E-state index contributed by atoms with van der Waals surface area (Å²) in [4.78, 5) is 52.3. The van der Waals surface area contributed by atoms with Crippen LogP contribution in [0.15, 0.2) is 0 Å². The zero-order valence-corrected chi connectivity index (χ0v) is 28.2. The lowest BCUT2D eigenvalue weighted by Crippen LogP contribution is -2.51. The number of esters is 4. The largest absolute Gasteiger partial charge is 0.436 e. The lowest BCUT2D eigenvalue weighted by molar-refractivity contribution is -0.188. The van der Waals surface area contributed by atoms with Crippen molar-refractivity contribution in [3.8, 4) is 0 Å². The first kappa shape index (κ1) is 40.7. The minimum atomic E-state index is -1.40. The van der Waals surface area contributed by atoms with Gasteiger partial charge in [-0.05, 0) is 53.4 Å². The van der Waals surface area contributed by atoms with Crippen LogP contribution in [0, 0.1) is 0 Å². The predicted molar refractivity (Wildman–Crippen MR) is 163 cm³/mol. The van der Waals surface area contributed by atoms with E-state index in [1.54, 1.807) is 27.7 Å². The zero-order chi connectivity index (χ0) is 33.5. The molecule has 0 bridgehead atoms. The summed E-state index contributed by atoms with van der Waals surface area (Å²) in [6.45, 7) is 11.9. The van der Waals surface area contributed by atoms with E-state index < -0.39 is 74.0 Å². The fraction of sp³-hybridized carbons (Fsp3) is 0.875. The van der Waals surface area contributed by atoms with Gasteiger partial charge in [0.05, 0.1) is 39.3 Å². The summed E-state index contributed by atoms with van der Waals surface area (Å²) < 4.78 is 43.8. The summed E-state index contributed by atoms with van der Waals surface area (Å²) >= 11 is 0. The number of cyclic esters (lactones) is 2. The van der Waals surface area contributed by atoms with Crippen molar-refractivity contribution in [2.45, 2.75) is 156 Å². The quantitative estimate of drug-likeness (QED) is 0.113. The van der Waals surface area contributed by atoms with Crippen molar-refractivity contribution in [2.75, 3.05) is 26.4 Å². The molecule has 45 heavy (non-hydrogen) atoms. The molecule has 13 nitrogen and oxygen atoms in total. The Hall–Kier alpha value is -2.32. The number of rotatable bonds is 15. The van der Waals surface area contributed by atoms with Crippen LogP contribution in [0.3, 0.4) is 0 Å². The zero-order valence-electron chi connectivity index (χ0n) is 28.2. The predicted octanol–water partition coefficient (Wildman–Crippen LogP) is 4.67. The van der Waals surface area contributed by atoms with Crippen LogP contribution in [0.5, 0.6) is 0 Å². The molecule has 1 aliphatic rings. The molecule has 0 saturated carbocycles. The second-order valence-corrected chi connectivity index (χ2v) is 11.1. The van der Waals surface area contributed by atoms with Crippen molar-refractivity contribution in [2.24, 2.45) is 0 Å². The fourth-order valence-electron chi connectivity index (χ4n) is 4.29. The van der Waals surface area contributed by atoms with Crippen LogP contribution >= 0.6 is 0 Å². The van der Waals surface area contributed by atoms with Gasteiger partial charge in [0.2, 0.25) is 0 Å². The third-order valence-electron chi connectivity index (χ3n) is 6.82. The molecule has 1 N–H and O–H groups in total. The highest BCUT2D eigenvalue weighted by Crippen LogP contribution is 2.13. The minimum absolute atomic E-state index is 0.372. The Bertz CT molecular complexity index is 839. The summed E-state index contributed by atoms with van der Waals surface area (Å²) in [5, 5.41) is 2.78. The van der Waals surface area contributed by atoms with Gasteiger partial charge in [-0.25, -0.2) is 0 Å². The first-order chi connectivity index (χ1) is 21.5. The third-order valence-corrected chi connectivity index (χ3v) is 6.82. The molecule has 1 rings (SSSR count). The Morgan fingerprint density at radius 1 is 0.800 bits per heavy atom. The summed E-state index contributed by atoms with van der Waals surface area (Å²) in [6.07, 6.45) is 4.48. The first-order valence-electron chi connectivity index (χ1n) is 16.6. The van der Waals surface area contributed by atoms with Gasteiger partial charge in [0.25, 0.3) is 0 Å². The maximum atomic E-state index is 13.3. The molecule has 0 aromatic rings. The van der Waals surface area contributed by atoms with Gasteiger partial charge in [-0.2, -0.15) is 0 Å². The Labute approximate surface area is 268 Å². The van der Waals surface area contributed by atoms with Crippen LogP contribution in [-0.2, 0) is 57.1 Å². The number of hydrogen-bond acceptors (Lipinski definition) is 13. The average molecular weight is 648 g/mol. The van der Waals surface area contributed by atoms with Crippen LogP contribution in [0.25, 0.3) is 0 Å². The highest BCUT2D eigenvalue weighted by atomic mass is 16.7. The summed E-state index contributed by atoms with van der Waals surface area (Å²) in [7, 11) is 0. The summed E-state index contributed by atoms with van der Waals surface area (Å²) in [5.74, 6) is -3.29. The molecule has 0 amide bonds. The van der Waals surface area contributed by atoms with Gasteiger partial charge in [-0.1, -0.05) is 52.4 Å². The molecule has 1 heterocycles. The van der Waals surface area contributed by atoms with Crippen molar-refractivity contribution < 1.29 is 57.1 Å². The van der Waals surface area contributed by atoms with Gasteiger partial charge in [0, 0.05) is 0 Å². The number of nitrogens with one attached hydrogen (secondary N) is 1. The smallest absolute Gasteiger partial charge is 0.326 e. The van der Waals surface area contributed by atoms with Crippen molar-refractivity contribution in [1.29, 1.82) is 0 Å². The highest BCUT2D eigenvalue weighted by molar-refractivity contribution is 5.86. The number of carbonyl (C=O) groups excluding carboxylic acids is 4. The highest BCUT2D eigenvalue weighted by Gasteiger charge is 2.35. The minimum Gasteiger partial charge on any atom is -0.436 e. The molecule has 0 radical (unpaired) electrons. The van der Waals surface area contributed by atoms with Gasteiger partial charge in [0.15, 0.2) is 25.2 Å². The van der Waals surface area contributed by atoms with Crippen molar-refractivity contribution >= 4 is 23.9 Å². The van der Waals surface area contributed by atoms with Gasteiger partial charge < -0.3 is 37.9 Å². The molecule has 6 unspecified atom stereocenters. The van der Waals surface area contributed by atoms with E-state index in [1.165, 1.54) is 0 Å². The van der Waals surface area contributed by atoms with Gasteiger partial charge in [-0.15, -0.1) is 0 Å². The molecule has 0 aromatic carbocycles. The fourth-order valence-corrected chi connectivity index (χ4v) is 4.29. The molecular formula is C32H57NO12. The van der Waals surface area contributed by atoms with E-state index in [1.807, 2.05) is 13.8 Å². The van der Waals surface area contributed by atoms with Crippen LogP contribution in [0.4, 0.5) is 0 Å². The van der Waals surface area contributed by atoms with E-state index in [2.05, 4.69) is 5.32 Å². The molecule has 1 aliphatic heterocycles. The Morgan fingerprint density at radius 2 is 1.31 bits per heavy atom. The molecule has 1 fully saturated rings. The molecule has 0 aliphatic carbocycles. The summed E-state index contributed by atoms with van der Waals surface area (Å²) in [6, 6.07) is -2.79. The second-order valence-electron chi connectivity index (χ2n) is 11.1. The maximum Gasteiger partial charge on any atom is 0.326 e. The normalized spacial score (nSPS) is 23.4. The number of carbonyl (C=O) groups is 4. The van der Waals surface area contributed by atoms with Gasteiger partial charge in [-0.3, -0.25) is 24.5 Å². The van der Waals surface area contributed by atoms with Crippen LogP contribution < -0.4 is 5.32 Å². The standard InChI is InChI=1S/C32H57NO12/c1-7-9-17-38-23(3)42-29(34)21-27(31(36)44-25(5)39-18-10-8-2)33-28-22-30(35)43-24(4)40-19-15-13-11-12-14-16-20-41-26(6)45-32(28)37/h23-28,33H,7-22H2,1-6H3. The van der Waals surface area contributed by atoms with E-state index in [0.717, 1.165) is 64.2 Å². The molecule has 6 atom stereocenters. The molecule has 1 saturated heterocycles. The molecule has 262 valence electrons. The lowest BCUT2D eigenvalue weighted by Gasteiger charge is -2.26. The Kier molecular flexibility index (Phi) is 22.5. The van der Waals surface area contributed by atoms with E-state index in [0.29, 0.717) is 26.4 Å². The van der Waals surface area contributed by atoms with Gasteiger partial charge in [0.1, 0.15) is 12.1 Å². The van der Waals surface area contributed by atoms with Crippen LogP contribution in [0.1, 0.15) is 119 Å². The Morgan fingerprint density at radius 3 is 1.87 bits per heavy atom. The second kappa shape index (κ2) is 24.9. The Balaban J connectivity index is 3.11. The lowest BCUT2D eigenvalue weighted by atomic mass is 10.1. The van der Waals surface area contributed by atoms with Crippen molar-refractivity contribution in [1.82, 2.24) is 5.32 Å².